The molecule has 0 saturated heterocycles. The summed E-state index contributed by atoms with van der Waals surface area (Å²) in [6.45, 7) is 3.78. The van der Waals surface area contributed by atoms with Crippen molar-refractivity contribution in [2.45, 2.75) is 23.1 Å². The molecular formula is C15H12N4S2. The Morgan fingerprint density at radius 2 is 2.05 bits per heavy atom. The molecule has 2 aromatic heterocycles. The average molecular weight is 312 g/mol. The summed E-state index contributed by atoms with van der Waals surface area (Å²) in [5, 5.41) is 9.31. The Kier molecular flexibility index (Phi) is 3.53. The molecule has 0 bridgehead atoms. The maximum atomic E-state index is 9.31. The number of pyridine rings is 1. The Balaban J connectivity index is 2.04. The molecule has 6 heteroatoms. The minimum atomic E-state index is 0.615. The van der Waals surface area contributed by atoms with Crippen molar-refractivity contribution in [3.8, 4) is 6.07 Å². The predicted octanol–water partition coefficient (Wildman–Crippen LogP) is 3.91. The topological polar surface area (TPSA) is 75.6 Å². The van der Waals surface area contributed by atoms with Crippen molar-refractivity contribution in [3.05, 3.63) is 41.2 Å². The van der Waals surface area contributed by atoms with E-state index in [1.807, 2.05) is 38.1 Å². The van der Waals surface area contributed by atoms with Gasteiger partial charge < -0.3 is 5.73 Å². The number of aryl methyl sites for hydroxylation is 2. The summed E-state index contributed by atoms with van der Waals surface area (Å²) in [4.78, 5) is 9.81. The normalized spacial score (nSPS) is 10.7. The van der Waals surface area contributed by atoms with Crippen molar-refractivity contribution < 1.29 is 0 Å². The zero-order valence-corrected chi connectivity index (χ0v) is 13.2. The highest BCUT2D eigenvalue weighted by Gasteiger charge is 2.12. The van der Waals surface area contributed by atoms with Gasteiger partial charge in [-0.25, -0.2) is 4.98 Å². The van der Waals surface area contributed by atoms with Gasteiger partial charge in [0.15, 0.2) is 4.34 Å². The number of hydrogen-bond donors (Lipinski definition) is 1. The van der Waals surface area contributed by atoms with Crippen LogP contribution in [0.15, 0.2) is 33.5 Å². The molecule has 1 aromatic carbocycles. The molecule has 3 aromatic rings. The Morgan fingerprint density at radius 3 is 2.81 bits per heavy atom. The molecule has 2 N–H and O–H groups in total. The first kappa shape index (κ1) is 13.9. The van der Waals surface area contributed by atoms with Crippen molar-refractivity contribution >= 4 is 39.0 Å². The van der Waals surface area contributed by atoms with Gasteiger partial charge in [-0.1, -0.05) is 11.8 Å². The van der Waals surface area contributed by atoms with Gasteiger partial charge in [0.1, 0.15) is 6.07 Å². The van der Waals surface area contributed by atoms with E-state index in [1.165, 1.54) is 11.8 Å². The highest BCUT2D eigenvalue weighted by Crippen LogP contribution is 2.37. The smallest absolute Gasteiger partial charge is 0.155 e. The van der Waals surface area contributed by atoms with Crippen LogP contribution in [0.4, 0.5) is 5.69 Å². The minimum absolute atomic E-state index is 0.615. The highest BCUT2D eigenvalue weighted by molar-refractivity contribution is 8.01. The van der Waals surface area contributed by atoms with Crippen molar-refractivity contribution in [1.29, 1.82) is 5.26 Å². The Labute approximate surface area is 130 Å². The van der Waals surface area contributed by atoms with Crippen LogP contribution in [0.1, 0.15) is 17.0 Å². The molecule has 0 saturated carbocycles. The summed E-state index contributed by atoms with van der Waals surface area (Å²) in [7, 11) is 0. The van der Waals surface area contributed by atoms with Crippen LogP contribution in [-0.4, -0.2) is 9.97 Å². The van der Waals surface area contributed by atoms with E-state index in [0.29, 0.717) is 5.56 Å². The molecule has 2 heterocycles. The lowest BCUT2D eigenvalue weighted by Crippen LogP contribution is -1.93. The molecule has 0 aliphatic carbocycles. The van der Waals surface area contributed by atoms with Crippen LogP contribution in [0.3, 0.4) is 0 Å². The second kappa shape index (κ2) is 5.35. The van der Waals surface area contributed by atoms with E-state index in [2.05, 4.69) is 16.0 Å². The van der Waals surface area contributed by atoms with Gasteiger partial charge in [0, 0.05) is 16.3 Å². The van der Waals surface area contributed by atoms with Crippen LogP contribution in [0.2, 0.25) is 0 Å². The summed E-state index contributed by atoms with van der Waals surface area (Å²) in [6, 6.07) is 9.84. The number of rotatable bonds is 2. The largest absolute Gasteiger partial charge is 0.399 e. The fourth-order valence-electron chi connectivity index (χ4n) is 2.07. The molecule has 0 amide bonds. The van der Waals surface area contributed by atoms with Crippen molar-refractivity contribution in [2.75, 3.05) is 5.73 Å². The van der Waals surface area contributed by atoms with Gasteiger partial charge in [0.2, 0.25) is 0 Å². The van der Waals surface area contributed by atoms with Gasteiger partial charge in [-0.3, -0.25) is 4.98 Å². The first-order chi connectivity index (χ1) is 10.1. The summed E-state index contributed by atoms with van der Waals surface area (Å²) < 4.78 is 1.95. The average Bonchev–Trinajstić information content (AvgIpc) is 2.79. The number of nitriles is 1. The second-order valence-corrected chi connectivity index (χ2v) is 6.96. The summed E-state index contributed by atoms with van der Waals surface area (Å²) >= 11 is 3.08. The first-order valence-corrected chi connectivity index (χ1v) is 7.92. The van der Waals surface area contributed by atoms with Gasteiger partial charge in [0.05, 0.1) is 21.5 Å². The third kappa shape index (κ3) is 2.71. The van der Waals surface area contributed by atoms with E-state index < -0.39 is 0 Å². The Hall–Kier alpha value is -2.10. The summed E-state index contributed by atoms with van der Waals surface area (Å²) in [6.07, 6.45) is 0. The maximum Gasteiger partial charge on any atom is 0.155 e. The van der Waals surface area contributed by atoms with E-state index >= 15 is 0 Å². The maximum absolute atomic E-state index is 9.31. The molecular weight excluding hydrogens is 300 g/mol. The van der Waals surface area contributed by atoms with Crippen molar-refractivity contribution in [3.63, 3.8) is 0 Å². The Morgan fingerprint density at radius 1 is 1.24 bits per heavy atom. The van der Waals surface area contributed by atoms with E-state index in [4.69, 9.17) is 5.73 Å². The van der Waals surface area contributed by atoms with Crippen LogP contribution in [0.5, 0.6) is 0 Å². The number of benzene rings is 1. The SMILES string of the molecule is Cc1cc(Sc2nc3ccc(N)cc3s2)c(C#N)c(C)n1. The van der Waals surface area contributed by atoms with Crippen LogP contribution in [-0.2, 0) is 0 Å². The van der Waals surface area contributed by atoms with Crippen LogP contribution in [0, 0.1) is 25.2 Å². The first-order valence-electron chi connectivity index (χ1n) is 6.29. The van der Waals surface area contributed by atoms with E-state index in [-0.39, 0.29) is 0 Å². The molecule has 0 fully saturated rings. The number of nitrogens with zero attached hydrogens (tertiary/aromatic N) is 3. The van der Waals surface area contributed by atoms with Crippen molar-refractivity contribution in [1.82, 2.24) is 9.97 Å². The number of nitrogen functional groups attached to an aromatic ring is 1. The van der Waals surface area contributed by atoms with Gasteiger partial charge in [-0.2, -0.15) is 5.26 Å². The fraction of sp³-hybridized carbons (Fsp3) is 0.133. The lowest BCUT2D eigenvalue weighted by atomic mass is 10.2. The minimum Gasteiger partial charge on any atom is -0.399 e. The molecule has 104 valence electrons. The Bertz CT molecular complexity index is 877. The molecule has 4 nitrogen and oxygen atoms in total. The van der Waals surface area contributed by atoms with E-state index in [1.54, 1.807) is 11.3 Å². The van der Waals surface area contributed by atoms with Crippen LogP contribution < -0.4 is 5.73 Å². The third-order valence-electron chi connectivity index (χ3n) is 2.99. The van der Waals surface area contributed by atoms with Crippen LogP contribution in [0.25, 0.3) is 10.2 Å². The zero-order valence-electron chi connectivity index (χ0n) is 11.5. The van der Waals surface area contributed by atoms with Gasteiger partial charge in [-0.05, 0) is 38.1 Å². The zero-order chi connectivity index (χ0) is 15.0. The number of aromatic nitrogens is 2. The fourth-order valence-corrected chi connectivity index (χ4v) is 4.37. The monoisotopic (exact) mass is 312 g/mol. The molecule has 21 heavy (non-hydrogen) atoms. The van der Waals surface area contributed by atoms with Crippen LogP contribution >= 0.6 is 23.1 Å². The van der Waals surface area contributed by atoms with E-state index in [0.717, 1.165) is 36.5 Å². The molecule has 0 spiro atoms. The third-order valence-corrected chi connectivity index (χ3v) is 5.11. The lowest BCUT2D eigenvalue weighted by Gasteiger charge is -2.05. The molecule has 0 radical (unpaired) electrons. The standard InChI is InChI=1S/C15H12N4S2/c1-8-5-13(11(7-16)9(2)18-8)20-15-19-12-4-3-10(17)6-14(12)21-15/h3-6H,17H2,1-2H3. The second-order valence-electron chi connectivity index (χ2n) is 4.64. The molecule has 3 rings (SSSR count). The summed E-state index contributed by atoms with van der Waals surface area (Å²) in [5.41, 5.74) is 9.72. The van der Waals surface area contributed by atoms with Gasteiger partial charge in [0.25, 0.3) is 0 Å². The van der Waals surface area contributed by atoms with Crippen molar-refractivity contribution in [2.24, 2.45) is 0 Å². The molecule has 0 atom stereocenters. The predicted molar refractivity (Wildman–Crippen MR) is 86.6 cm³/mol. The molecule has 0 unspecified atom stereocenters. The number of thiazole rings is 1. The molecule has 0 aliphatic rings. The molecule has 0 aliphatic heterocycles. The number of nitrogens with two attached hydrogens (primary N) is 1. The summed E-state index contributed by atoms with van der Waals surface area (Å²) in [5.74, 6) is 0. The number of hydrogen-bond acceptors (Lipinski definition) is 6. The number of anilines is 1. The highest BCUT2D eigenvalue weighted by atomic mass is 32.2. The van der Waals surface area contributed by atoms with Gasteiger partial charge in [-0.15, -0.1) is 11.3 Å². The van der Waals surface area contributed by atoms with E-state index in [9.17, 15) is 5.26 Å². The lowest BCUT2D eigenvalue weighted by molar-refractivity contribution is 1.07. The van der Waals surface area contributed by atoms with Gasteiger partial charge >= 0.3 is 0 Å². The quantitative estimate of drug-likeness (QED) is 0.726. The number of fused-ring (bicyclic) bond motifs is 1.